The van der Waals surface area contributed by atoms with Gasteiger partial charge >= 0.3 is 0 Å². The van der Waals surface area contributed by atoms with Crippen molar-refractivity contribution in [2.45, 2.75) is 51.9 Å². The third-order valence-corrected chi connectivity index (χ3v) is 4.68. The summed E-state index contributed by atoms with van der Waals surface area (Å²) in [6.07, 6.45) is 4.44. The maximum Gasteiger partial charge on any atom is 0.202 e. The van der Waals surface area contributed by atoms with Gasteiger partial charge in [-0.05, 0) is 30.2 Å². The molecular formula is C20H23N5O. The number of aromatic amines is 1. The van der Waals surface area contributed by atoms with E-state index in [9.17, 15) is 0 Å². The summed E-state index contributed by atoms with van der Waals surface area (Å²) >= 11 is 0. The summed E-state index contributed by atoms with van der Waals surface area (Å²) in [4.78, 5) is 8.94. The second-order valence-corrected chi connectivity index (χ2v) is 8.51. The van der Waals surface area contributed by atoms with Gasteiger partial charge in [0.25, 0.3) is 0 Å². The molecule has 0 aliphatic heterocycles. The van der Waals surface area contributed by atoms with E-state index < -0.39 is 0 Å². The van der Waals surface area contributed by atoms with Gasteiger partial charge < -0.3 is 4.52 Å². The average Bonchev–Trinajstić information content (AvgIpc) is 3.18. The lowest BCUT2D eigenvalue weighted by molar-refractivity contribution is 0.320. The van der Waals surface area contributed by atoms with Crippen molar-refractivity contribution in [3.05, 3.63) is 47.6 Å². The van der Waals surface area contributed by atoms with Crippen LogP contribution in [0.3, 0.4) is 0 Å². The highest BCUT2D eigenvalue weighted by Gasteiger charge is 2.29. The van der Waals surface area contributed by atoms with Crippen LogP contribution in [0.1, 0.15) is 51.6 Å². The van der Waals surface area contributed by atoms with E-state index in [0.29, 0.717) is 5.65 Å². The number of hydrogen-bond acceptors (Lipinski definition) is 5. The molecule has 0 amide bonds. The van der Waals surface area contributed by atoms with Crippen molar-refractivity contribution < 1.29 is 4.52 Å². The lowest BCUT2D eigenvalue weighted by Crippen LogP contribution is -2.20. The van der Waals surface area contributed by atoms with E-state index >= 15 is 0 Å². The molecule has 0 aliphatic rings. The predicted octanol–water partition coefficient (Wildman–Crippen LogP) is 4.31. The minimum absolute atomic E-state index is 0.0439. The van der Waals surface area contributed by atoms with Crippen molar-refractivity contribution in [3.8, 4) is 0 Å². The number of aromatic nitrogens is 5. The number of rotatable bonds is 3. The van der Waals surface area contributed by atoms with Crippen LogP contribution in [0, 0.1) is 0 Å². The van der Waals surface area contributed by atoms with Crippen LogP contribution in [0.4, 0.5) is 0 Å². The number of nitrogens with one attached hydrogen (secondary N) is 1. The quantitative estimate of drug-likeness (QED) is 0.596. The third kappa shape index (κ3) is 2.75. The molecule has 4 heterocycles. The summed E-state index contributed by atoms with van der Waals surface area (Å²) in [5, 5.41) is 12.6. The van der Waals surface area contributed by atoms with Gasteiger partial charge in [-0.2, -0.15) is 5.10 Å². The summed E-state index contributed by atoms with van der Waals surface area (Å²) in [5.41, 5.74) is 4.39. The van der Waals surface area contributed by atoms with Crippen molar-refractivity contribution >= 4 is 22.1 Å². The normalized spacial score (nSPS) is 13.0. The smallest absolute Gasteiger partial charge is 0.202 e. The number of H-pyrrole nitrogens is 1. The molecule has 6 nitrogen and oxygen atoms in total. The summed E-state index contributed by atoms with van der Waals surface area (Å²) in [5.74, 6) is 0.848. The van der Waals surface area contributed by atoms with Crippen LogP contribution in [0.15, 0.2) is 35.1 Å². The van der Waals surface area contributed by atoms with Crippen LogP contribution in [0.5, 0.6) is 0 Å². The third-order valence-electron chi connectivity index (χ3n) is 4.68. The molecule has 0 aromatic carbocycles. The van der Waals surface area contributed by atoms with Crippen LogP contribution in [0.2, 0.25) is 0 Å². The molecule has 134 valence electrons. The zero-order valence-electron chi connectivity index (χ0n) is 15.8. The monoisotopic (exact) mass is 349 g/mol. The molecule has 0 radical (unpaired) electrons. The van der Waals surface area contributed by atoms with E-state index in [2.05, 4.69) is 66.0 Å². The van der Waals surface area contributed by atoms with Crippen molar-refractivity contribution in [1.29, 1.82) is 0 Å². The summed E-state index contributed by atoms with van der Waals surface area (Å²) in [6, 6.07) is 6.04. The zero-order chi connectivity index (χ0) is 18.5. The Labute approximate surface area is 152 Å². The van der Waals surface area contributed by atoms with Gasteiger partial charge in [0.2, 0.25) is 5.65 Å². The highest BCUT2D eigenvalue weighted by atomic mass is 16.5. The Balaban J connectivity index is 1.70. The molecule has 0 bridgehead atoms. The fourth-order valence-corrected chi connectivity index (χ4v) is 3.43. The fourth-order valence-electron chi connectivity index (χ4n) is 3.43. The number of hydrogen-bond donors (Lipinski definition) is 1. The molecule has 4 aromatic heterocycles. The predicted molar refractivity (Wildman–Crippen MR) is 101 cm³/mol. The van der Waals surface area contributed by atoms with Crippen LogP contribution in [-0.4, -0.2) is 25.3 Å². The van der Waals surface area contributed by atoms with Gasteiger partial charge in [-0.15, -0.1) is 0 Å². The van der Waals surface area contributed by atoms with Gasteiger partial charge in [-0.1, -0.05) is 39.8 Å². The molecular weight excluding hydrogens is 326 g/mol. The maximum absolute atomic E-state index is 5.64. The van der Waals surface area contributed by atoms with Crippen LogP contribution < -0.4 is 0 Å². The Kier molecular flexibility index (Phi) is 3.61. The SMILES string of the molecule is CC(C)(C)c1n[nH]c2cc(CC(C)(C)c3onc4ncccc34)cnc12. The van der Waals surface area contributed by atoms with Crippen molar-refractivity contribution in [3.63, 3.8) is 0 Å². The number of fused-ring (bicyclic) bond motifs is 2. The van der Waals surface area contributed by atoms with E-state index in [1.165, 1.54) is 0 Å². The molecule has 0 saturated carbocycles. The summed E-state index contributed by atoms with van der Waals surface area (Å²) < 4.78 is 5.64. The van der Waals surface area contributed by atoms with E-state index in [1.54, 1.807) is 6.20 Å². The van der Waals surface area contributed by atoms with Gasteiger partial charge in [-0.3, -0.25) is 10.1 Å². The molecule has 4 rings (SSSR count). The van der Waals surface area contributed by atoms with Gasteiger partial charge in [0, 0.05) is 23.2 Å². The van der Waals surface area contributed by atoms with Crippen LogP contribution in [-0.2, 0) is 17.3 Å². The first kappa shape index (κ1) is 16.7. The van der Waals surface area contributed by atoms with Gasteiger partial charge in [0.05, 0.1) is 16.6 Å². The second-order valence-electron chi connectivity index (χ2n) is 8.51. The highest BCUT2D eigenvalue weighted by molar-refractivity contribution is 5.79. The van der Waals surface area contributed by atoms with E-state index in [4.69, 9.17) is 4.52 Å². The molecule has 0 aliphatic carbocycles. The lowest BCUT2D eigenvalue weighted by atomic mass is 9.82. The van der Waals surface area contributed by atoms with Crippen molar-refractivity contribution in [2.75, 3.05) is 0 Å². The first-order chi connectivity index (χ1) is 12.3. The largest absolute Gasteiger partial charge is 0.358 e. The first-order valence-electron chi connectivity index (χ1n) is 8.80. The number of pyridine rings is 2. The molecule has 0 unspecified atom stereocenters. The van der Waals surface area contributed by atoms with E-state index in [1.807, 2.05) is 18.3 Å². The van der Waals surface area contributed by atoms with Crippen molar-refractivity contribution in [2.24, 2.45) is 0 Å². The fraction of sp³-hybridized carbons (Fsp3) is 0.400. The molecule has 0 saturated heterocycles. The molecule has 0 fully saturated rings. The molecule has 1 N–H and O–H groups in total. The standard InChI is InChI=1S/C20H23N5O/c1-19(2,3)16-15-14(23-24-16)9-12(11-22-15)10-20(4,5)17-13-7-6-8-21-18(13)25-26-17/h6-9,11H,10H2,1-5H3,(H,23,24). The molecule has 0 spiro atoms. The molecule has 6 heteroatoms. The maximum atomic E-state index is 5.64. The molecule has 0 atom stereocenters. The second kappa shape index (κ2) is 5.62. The Hall–Kier alpha value is -2.76. The minimum Gasteiger partial charge on any atom is -0.358 e. The van der Waals surface area contributed by atoms with E-state index in [-0.39, 0.29) is 10.8 Å². The van der Waals surface area contributed by atoms with Crippen LogP contribution in [0.25, 0.3) is 22.1 Å². The average molecular weight is 349 g/mol. The molecule has 4 aromatic rings. The Morgan fingerprint density at radius 3 is 2.69 bits per heavy atom. The van der Waals surface area contributed by atoms with Gasteiger partial charge in [-0.25, -0.2) is 4.98 Å². The van der Waals surface area contributed by atoms with Crippen molar-refractivity contribution in [1.82, 2.24) is 25.3 Å². The highest BCUT2D eigenvalue weighted by Crippen LogP contribution is 2.33. The molecule has 26 heavy (non-hydrogen) atoms. The first-order valence-corrected chi connectivity index (χ1v) is 8.80. The van der Waals surface area contributed by atoms with Crippen LogP contribution >= 0.6 is 0 Å². The van der Waals surface area contributed by atoms with Gasteiger partial charge in [0.15, 0.2) is 5.76 Å². The summed E-state index contributed by atoms with van der Waals surface area (Å²) in [6.45, 7) is 10.7. The van der Waals surface area contributed by atoms with Gasteiger partial charge in [0.1, 0.15) is 5.52 Å². The lowest BCUT2D eigenvalue weighted by Gasteiger charge is -2.21. The Bertz CT molecular complexity index is 1080. The minimum atomic E-state index is -0.236. The topological polar surface area (TPSA) is 80.5 Å². The zero-order valence-corrected chi connectivity index (χ0v) is 15.8. The summed E-state index contributed by atoms with van der Waals surface area (Å²) in [7, 11) is 0. The number of nitrogens with zero attached hydrogens (tertiary/aromatic N) is 4. The van der Waals surface area contributed by atoms with E-state index in [0.717, 1.165) is 39.9 Å². The Morgan fingerprint density at radius 1 is 1.12 bits per heavy atom. The Morgan fingerprint density at radius 2 is 1.92 bits per heavy atom.